The minimum absolute atomic E-state index is 0.291. The molecule has 0 bridgehead atoms. The summed E-state index contributed by atoms with van der Waals surface area (Å²) in [6.07, 6.45) is -0.906. The first-order chi connectivity index (χ1) is 6.50. The molecule has 0 amide bonds. The molecule has 1 aromatic carbocycles. The molecule has 3 heteroatoms. The molecule has 0 aliphatic carbocycles. The Morgan fingerprint density at radius 2 is 2.00 bits per heavy atom. The van der Waals surface area contributed by atoms with Crippen LogP contribution in [0.4, 0.5) is 4.39 Å². The van der Waals surface area contributed by atoms with Crippen molar-refractivity contribution in [3.63, 3.8) is 0 Å². The quantitative estimate of drug-likeness (QED) is 0.807. The monoisotopic (exact) mass is 198 g/mol. The van der Waals surface area contributed by atoms with Gasteiger partial charge in [-0.15, -0.1) is 0 Å². The van der Waals surface area contributed by atoms with Crippen LogP contribution in [0.25, 0.3) is 0 Å². The van der Waals surface area contributed by atoms with Crippen molar-refractivity contribution in [3.05, 3.63) is 29.6 Å². The summed E-state index contributed by atoms with van der Waals surface area (Å²) in [5, 5.41) is 9.19. The number of benzene rings is 1. The Morgan fingerprint density at radius 1 is 1.36 bits per heavy atom. The van der Waals surface area contributed by atoms with Crippen LogP contribution in [0.1, 0.15) is 19.4 Å². The van der Waals surface area contributed by atoms with E-state index in [0.29, 0.717) is 11.3 Å². The predicted octanol–water partition coefficient (Wildman–Crippen LogP) is 2.28. The lowest BCUT2D eigenvalue weighted by Crippen LogP contribution is -2.25. The molecule has 1 aromatic rings. The van der Waals surface area contributed by atoms with Crippen molar-refractivity contribution in [2.45, 2.75) is 33.0 Å². The van der Waals surface area contributed by atoms with E-state index in [1.807, 2.05) is 0 Å². The molecule has 0 spiro atoms. The second kappa shape index (κ2) is 4.42. The Morgan fingerprint density at radius 3 is 2.50 bits per heavy atom. The number of aryl methyl sites for hydroxylation is 1. The first-order valence-corrected chi connectivity index (χ1v) is 4.61. The summed E-state index contributed by atoms with van der Waals surface area (Å²) < 4.78 is 18.4. The standard InChI is InChI=1S/C11H15FO2/c1-7-4-5-10(6-11(7)12)14-9(3)8(2)13/h4-6,8-9,13H,1-3H3/t8-,9?/m0/s1. The van der Waals surface area contributed by atoms with E-state index < -0.39 is 6.10 Å². The summed E-state index contributed by atoms with van der Waals surface area (Å²) in [6.45, 7) is 5.06. The number of rotatable bonds is 3. The molecule has 2 nitrogen and oxygen atoms in total. The Kier molecular flexibility index (Phi) is 3.47. The highest BCUT2D eigenvalue weighted by molar-refractivity contribution is 5.28. The molecule has 0 aliphatic rings. The van der Waals surface area contributed by atoms with Crippen LogP contribution in [-0.4, -0.2) is 17.3 Å². The second-order valence-corrected chi connectivity index (χ2v) is 3.47. The number of ether oxygens (including phenoxy) is 1. The van der Waals surface area contributed by atoms with Crippen molar-refractivity contribution in [1.82, 2.24) is 0 Å². The second-order valence-electron chi connectivity index (χ2n) is 3.47. The third-order valence-corrected chi connectivity index (χ3v) is 2.14. The van der Waals surface area contributed by atoms with Crippen LogP contribution in [0.2, 0.25) is 0 Å². The zero-order valence-corrected chi connectivity index (χ0v) is 8.62. The van der Waals surface area contributed by atoms with E-state index in [-0.39, 0.29) is 11.9 Å². The molecular weight excluding hydrogens is 183 g/mol. The van der Waals surface area contributed by atoms with E-state index in [0.717, 1.165) is 0 Å². The van der Waals surface area contributed by atoms with Crippen LogP contribution in [-0.2, 0) is 0 Å². The normalized spacial score (nSPS) is 14.9. The van der Waals surface area contributed by atoms with Crippen LogP contribution in [0.3, 0.4) is 0 Å². The van der Waals surface area contributed by atoms with Gasteiger partial charge in [-0.3, -0.25) is 0 Å². The van der Waals surface area contributed by atoms with Gasteiger partial charge in [0.15, 0.2) is 0 Å². The molecule has 0 saturated carbocycles. The fraction of sp³-hybridized carbons (Fsp3) is 0.455. The van der Waals surface area contributed by atoms with Gasteiger partial charge in [-0.1, -0.05) is 6.07 Å². The van der Waals surface area contributed by atoms with Crippen molar-refractivity contribution < 1.29 is 14.2 Å². The Balaban J connectivity index is 2.73. The Labute approximate surface area is 83.3 Å². The van der Waals surface area contributed by atoms with E-state index in [4.69, 9.17) is 4.74 Å². The number of aliphatic hydroxyl groups is 1. The van der Waals surface area contributed by atoms with E-state index in [2.05, 4.69) is 0 Å². The van der Waals surface area contributed by atoms with Crippen LogP contribution in [0.15, 0.2) is 18.2 Å². The molecule has 0 aliphatic heterocycles. The van der Waals surface area contributed by atoms with E-state index >= 15 is 0 Å². The molecule has 2 atom stereocenters. The maximum Gasteiger partial charge on any atom is 0.129 e. The van der Waals surface area contributed by atoms with Gasteiger partial charge in [0.25, 0.3) is 0 Å². The van der Waals surface area contributed by atoms with Crippen molar-refractivity contribution >= 4 is 0 Å². The number of halogens is 1. The van der Waals surface area contributed by atoms with Gasteiger partial charge in [-0.25, -0.2) is 4.39 Å². The molecule has 0 radical (unpaired) electrons. The third-order valence-electron chi connectivity index (χ3n) is 2.14. The maximum atomic E-state index is 13.1. The van der Waals surface area contributed by atoms with E-state index in [9.17, 15) is 9.50 Å². The predicted molar refractivity (Wildman–Crippen MR) is 52.9 cm³/mol. The van der Waals surface area contributed by atoms with Gasteiger partial charge >= 0.3 is 0 Å². The zero-order valence-electron chi connectivity index (χ0n) is 8.62. The van der Waals surface area contributed by atoms with Gasteiger partial charge in [-0.2, -0.15) is 0 Å². The molecule has 14 heavy (non-hydrogen) atoms. The molecule has 0 saturated heterocycles. The highest BCUT2D eigenvalue weighted by Crippen LogP contribution is 2.17. The summed E-state index contributed by atoms with van der Waals surface area (Å²) in [7, 11) is 0. The summed E-state index contributed by atoms with van der Waals surface area (Å²) in [5.41, 5.74) is 0.585. The van der Waals surface area contributed by atoms with Gasteiger partial charge in [-0.05, 0) is 32.4 Å². The van der Waals surface area contributed by atoms with Crippen molar-refractivity contribution in [2.24, 2.45) is 0 Å². The van der Waals surface area contributed by atoms with Crippen LogP contribution in [0, 0.1) is 12.7 Å². The van der Waals surface area contributed by atoms with Gasteiger partial charge in [0, 0.05) is 6.07 Å². The SMILES string of the molecule is Cc1ccc(OC(C)[C@H](C)O)cc1F. The van der Waals surface area contributed by atoms with Crippen LogP contribution >= 0.6 is 0 Å². The summed E-state index contributed by atoms with van der Waals surface area (Å²) in [4.78, 5) is 0. The fourth-order valence-corrected chi connectivity index (χ4v) is 0.960. The van der Waals surface area contributed by atoms with Crippen molar-refractivity contribution in [2.75, 3.05) is 0 Å². The maximum absolute atomic E-state index is 13.1. The minimum Gasteiger partial charge on any atom is -0.488 e. The Hall–Kier alpha value is -1.09. The molecule has 0 heterocycles. The first kappa shape index (κ1) is 11.0. The number of hydrogen-bond donors (Lipinski definition) is 1. The summed E-state index contributed by atoms with van der Waals surface area (Å²) in [5.74, 6) is 0.154. The lowest BCUT2D eigenvalue weighted by atomic mass is 10.2. The molecule has 78 valence electrons. The molecule has 1 unspecified atom stereocenters. The molecule has 1 N–H and O–H groups in total. The lowest BCUT2D eigenvalue weighted by molar-refractivity contribution is 0.0602. The molecule has 1 rings (SSSR count). The van der Waals surface area contributed by atoms with Crippen LogP contribution in [0.5, 0.6) is 5.75 Å². The minimum atomic E-state index is -0.570. The van der Waals surface area contributed by atoms with Crippen LogP contribution < -0.4 is 4.74 Å². The van der Waals surface area contributed by atoms with Crippen molar-refractivity contribution in [1.29, 1.82) is 0 Å². The van der Waals surface area contributed by atoms with E-state index in [1.54, 1.807) is 32.9 Å². The van der Waals surface area contributed by atoms with Crippen molar-refractivity contribution in [3.8, 4) is 5.75 Å². The first-order valence-electron chi connectivity index (χ1n) is 4.61. The van der Waals surface area contributed by atoms with Gasteiger partial charge < -0.3 is 9.84 Å². The average molecular weight is 198 g/mol. The lowest BCUT2D eigenvalue weighted by Gasteiger charge is -2.17. The average Bonchev–Trinajstić information content (AvgIpc) is 2.11. The summed E-state index contributed by atoms with van der Waals surface area (Å²) in [6, 6.07) is 4.67. The Bertz CT molecular complexity index is 310. The molecule has 0 aromatic heterocycles. The topological polar surface area (TPSA) is 29.5 Å². The highest BCUT2D eigenvalue weighted by Gasteiger charge is 2.10. The molecular formula is C11H15FO2. The third kappa shape index (κ3) is 2.70. The molecule has 0 fully saturated rings. The number of hydrogen-bond acceptors (Lipinski definition) is 2. The van der Waals surface area contributed by atoms with Gasteiger partial charge in [0.05, 0.1) is 6.10 Å². The largest absolute Gasteiger partial charge is 0.488 e. The van der Waals surface area contributed by atoms with Gasteiger partial charge in [0.2, 0.25) is 0 Å². The zero-order chi connectivity index (χ0) is 10.7. The summed E-state index contributed by atoms with van der Waals surface area (Å²) >= 11 is 0. The highest BCUT2D eigenvalue weighted by atomic mass is 19.1. The number of aliphatic hydroxyl groups excluding tert-OH is 1. The van der Waals surface area contributed by atoms with Gasteiger partial charge in [0.1, 0.15) is 17.7 Å². The smallest absolute Gasteiger partial charge is 0.129 e. The fourth-order valence-electron chi connectivity index (χ4n) is 0.960. The van der Waals surface area contributed by atoms with E-state index in [1.165, 1.54) is 6.07 Å².